The highest BCUT2D eigenvalue weighted by atomic mass is 16.3. The summed E-state index contributed by atoms with van der Waals surface area (Å²) in [6, 6.07) is 0. The first-order valence-corrected chi connectivity index (χ1v) is 7.33. The van der Waals surface area contributed by atoms with Crippen LogP contribution in [0.1, 0.15) is 33.1 Å². The van der Waals surface area contributed by atoms with Crippen molar-refractivity contribution in [3.8, 4) is 0 Å². The largest absolute Gasteiger partial charge is 0.395 e. The molecule has 1 fully saturated rings. The van der Waals surface area contributed by atoms with Crippen molar-refractivity contribution in [1.82, 2.24) is 9.80 Å². The van der Waals surface area contributed by atoms with Gasteiger partial charge < -0.3 is 15.7 Å². The van der Waals surface area contributed by atoms with Gasteiger partial charge in [0, 0.05) is 19.6 Å². The molecule has 1 saturated heterocycles. The number of rotatable bonds is 7. The fourth-order valence-corrected chi connectivity index (χ4v) is 2.50. The number of hydrogen-bond acceptors (Lipinski definition) is 4. The second-order valence-corrected chi connectivity index (χ2v) is 6.23. The van der Waals surface area contributed by atoms with Crippen molar-refractivity contribution in [3.05, 3.63) is 0 Å². The van der Waals surface area contributed by atoms with Gasteiger partial charge in [-0.05, 0) is 50.9 Å². The lowest BCUT2D eigenvalue weighted by Crippen LogP contribution is -2.33. The van der Waals surface area contributed by atoms with Gasteiger partial charge >= 0.3 is 0 Å². The van der Waals surface area contributed by atoms with Crippen molar-refractivity contribution in [2.45, 2.75) is 33.1 Å². The molecule has 0 aromatic carbocycles. The smallest absolute Gasteiger partial charge is 0.0558 e. The predicted octanol–water partition coefficient (Wildman–Crippen LogP) is 0.752. The second-order valence-electron chi connectivity index (χ2n) is 6.23. The van der Waals surface area contributed by atoms with Crippen LogP contribution in [0.2, 0.25) is 0 Å². The van der Waals surface area contributed by atoms with Crippen LogP contribution < -0.4 is 5.73 Å². The van der Waals surface area contributed by atoms with Crippen molar-refractivity contribution in [2.24, 2.45) is 11.1 Å². The van der Waals surface area contributed by atoms with E-state index >= 15 is 0 Å². The van der Waals surface area contributed by atoms with E-state index in [9.17, 15) is 0 Å². The zero-order chi connectivity index (χ0) is 13.4. The maximum Gasteiger partial charge on any atom is 0.0558 e. The van der Waals surface area contributed by atoms with Gasteiger partial charge in [0.15, 0.2) is 0 Å². The zero-order valence-electron chi connectivity index (χ0n) is 12.2. The summed E-state index contributed by atoms with van der Waals surface area (Å²) in [4.78, 5) is 4.92. The van der Waals surface area contributed by atoms with Crippen LogP contribution in [0.25, 0.3) is 0 Å². The molecule has 0 spiro atoms. The van der Waals surface area contributed by atoms with E-state index in [2.05, 4.69) is 23.6 Å². The maximum absolute atomic E-state index is 8.97. The molecule has 4 heteroatoms. The average Bonchev–Trinajstić information content (AvgIpc) is 2.56. The molecule has 108 valence electrons. The molecule has 0 aromatic heterocycles. The third kappa shape index (κ3) is 6.14. The Labute approximate surface area is 112 Å². The van der Waals surface area contributed by atoms with Gasteiger partial charge in [0.2, 0.25) is 0 Å². The van der Waals surface area contributed by atoms with Gasteiger partial charge in [-0.25, -0.2) is 0 Å². The van der Waals surface area contributed by atoms with Crippen LogP contribution in [-0.4, -0.2) is 67.3 Å². The highest BCUT2D eigenvalue weighted by molar-refractivity contribution is 4.73. The molecule has 0 aromatic rings. The Bertz CT molecular complexity index is 221. The van der Waals surface area contributed by atoms with E-state index in [1.54, 1.807) is 0 Å². The number of nitrogens with two attached hydrogens (primary N) is 1. The van der Waals surface area contributed by atoms with Gasteiger partial charge in [-0.15, -0.1) is 0 Å². The number of aliphatic hydroxyl groups excluding tert-OH is 1. The molecule has 0 saturated carbocycles. The molecule has 0 unspecified atom stereocenters. The molecule has 0 atom stereocenters. The zero-order valence-corrected chi connectivity index (χ0v) is 12.2. The number of β-amino-alcohol motifs (C(OH)–C–C–N with tert-alkyl or cyclic N) is 1. The van der Waals surface area contributed by atoms with E-state index in [1.165, 1.54) is 32.4 Å². The first-order valence-electron chi connectivity index (χ1n) is 7.33. The van der Waals surface area contributed by atoms with E-state index in [-0.39, 0.29) is 12.0 Å². The summed E-state index contributed by atoms with van der Waals surface area (Å²) in [6.45, 7) is 12.1. The van der Waals surface area contributed by atoms with Crippen LogP contribution in [0.3, 0.4) is 0 Å². The van der Waals surface area contributed by atoms with Crippen molar-refractivity contribution in [1.29, 1.82) is 0 Å². The first kappa shape index (κ1) is 15.9. The summed E-state index contributed by atoms with van der Waals surface area (Å²) in [5.41, 5.74) is 6.04. The van der Waals surface area contributed by atoms with Gasteiger partial charge in [-0.2, -0.15) is 0 Å². The Balaban J connectivity index is 2.19. The number of nitrogens with zero attached hydrogens (tertiary/aromatic N) is 2. The van der Waals surface area contributed by atoms with Crippen LogP contribution in [0.5, 0.6) is 0 Å². The third-order valence-corrected chi connectivity index (χ3v) is 3.98. The lowest BCUT2D eigenvalue weighted by atomic mass is 9.88. The van der Waals surface area contributed by atoms with Gasteiger partial charge in [0.1, 0.15) is 0 Å². The lowest BCUT2D eigenvalue weighted by Gasteiger charge is -2.25. The van der Waals surface area contributed by atoms with Crippen molar-refractivity contribution in [3.63, 3.8) is 0 Å². The van der Waals surface area contributed by atoms with Gasteiger partial charge in [-0.3, -0.25) is 4.90 Å². The highest BCUT2D eigenvalue weighted by Crippen LogP contribution is 2.20. The molecular formula is C14H31N3O. The van der Waals surface area contributed by atoms with E-state index < -0.39 is 0 Å². The van der Waals surface area contributed by atoms with Gasteiger partial charge in [0.05, 0.1) is 6.61 Å². The standard InChI is InChI=1S/C14H31N3O/c1-14(2,13-15)5-3-6-16-7-4-8-17(10-9-16)11-12-18/h18H,3-13,15H2,1-2H3. The molecule has 0 radical (unpaired) electrons. The predicted molar refractivity (Wildman–Crippen MR) is 76.7 cm³/mol. The summed E-state index contributed by atoms with van der Waals surface area (Å²) in [5, 5.41) is 8.97. The molecule has 3 N–H and O–H groups in total. The minimum absolute atomic E-state index is 0.282. The minimum atomic E-state index is 0.282. The molecule has 4 nitrogen and oxygen atoms in total. The van der Waals surface area contributed by atoms with Crippen LogP contribution in [0.15, 0.2) is 0 Å². The van der Waals surface area contributed by atoms with Crippen LogP contribution >= 0.6 is 0 Å². The Morgan fingerprint density at radius 1 is 1.06 bits per heavy atom. The van der Waals surface area contributed by atoms with Crippen LogP contribution in [-0.2, 0) is 0 Å². The molecule has 0 amide bonds. The summed E-state index contributed by atoms with van der Waals surface area (Å²) in [7, 11) is 0. The van der Waals surface area contributed by atoms with E-state index in [0.717, 1.165) is 32.7 Å². The van der Waals surface area contributed by atoms with E-state index in [4.69, 9.17) is 10.8 Å². The molecular weight excluding hydrogens is 226 g/mol. The van der Waals surface area contributed by atoms with Gasteiger partial charge in [-0.1, -0.05) is 13.8 Å². The van der Waals surface area contributed by atoms with E-state index in [0.29, 0.717) is 0 Å². The fourth-order valence-electron chi connectivity index (χ4n) is 2.50. The van der Waals surface area contributed by atoms with Crippen LogP contribution in [0.4, 0.5) is 0 Å². The molecule has 0 aliphatic carbocycles. The topological polar surface area (TPSA) is 52.7 Å². The highest BCUT2D eigenvalue weighted by Gasteiger charge is 2.17. The van der Waals surface area contributed by atoms with E-state index in [1.807, 2.05) is 0 Å². The van der Waals surface area contributed by atoms with Crippen molar-refractivity contribution >= 4 is 0 Å². The number of hydrogen-bond donors (Lipinski definition) is 2. The summed E-state index contributed by atoms with van der Waals surface area (Å²) in [6.07, 6.45) is 3.67. The molecule has 0 bridgehead atoms. The molecule has 1 aliphatic rings. The summed E-state index contributed by atoms with van der Waals surface area (Å²) < 4.78 is 0. The Morgan fingerprint density at radius 2 is 1.67 bits per heavy atom. The summed E-state index contributed by atoms with van der Waals surface area (Å²) >= 11 is 0. The second kappa shape index (κ2) is 8.10. The molecule has 1 aliphatic heterocycles. The Hall–Kier alpha value is -0.160. The fraction of sp³-hybridized carbons (Fsp3) is 1.00. The minimum Gasteiger partial charge on any atom is -0.395 e. The normalized spacial score (nSPS) is 20.0. The first-order chi connectivity index (χ1) is 8.57. The quantitative estimate of drug-likeness (QED) is 0.707. The Morgan fingerprint density at radius 3 is 2.22 bits per heavy atom. The van der Waals surface area contributed by atoms with Crippen molar-refractivity contribution in [2.75, 3.05) is 52.4 Å². The number of aliphatic hydroxyl groups is 1. The maximum atomic E-state index is 8.97. The summed E-state index contributed by atoms with van der Waals surface area (Å²) in [5.74, 6) is 0. The van der Waals surface area contributed by atoms with Gasteiger partial charge in [0.25, 0.3) is 0 Å². The SMILES string of the molecule is CC(C)(CN)CCCN1CCCN(CCO)CC1. The monoisotopic (exact) mass is 257 g/mol. The Kier molecular flexibility index (Phi) is 7.15. The van der Waals surface area contributed by atoms with Crippen molar-refractivity contribution < 1.29 is 5.11 Å². The molecule has 1 heterocycles. The molecule has 18 heavy (non-hydrogen) atoms. The average molecular weight is 257 g/mol. The molecule has 1 rings (SSSR count). The lowest BCUT2D eigenvalue weighted by molar-refractivity contribution is 0.195. The third-order valence-electron chi connectivity index (χ3n) is 3.98. The van der Waals surface area contributed by atoms with Crippen LogP contribution in [0, 0.1) is 5.41 Å².